The summed E-state index contributed by atoms with van der Waals surface area (Å²) in [6, 6.07) is 21.9. The molecule has 0 atom stereocenters. The quantitative estimate of drug-likeness (QED) is 0.0492. The van der Waals surface area contributed by atoms with Gasteiger partial charge >= 0.3 is 7.54 Å². The van der Waals surface area contributed by atoms with E-state index in [0.717, 1.165) is 24.8 Å². The molecule has 0 unspecified atom stereocenters. The highest BCUT2D eigenvalue weighted by molar-refractivity contribution is 6.39. The Balaban J connectivity index is 0. The molecule has 0 saturated carbocycles. The number of hydrogen-bond acceptors (Lipinski definition) is 6. The van der Waals surface area contributed by atoms with Crippen molar-refractivity contribution in [3.8, 4) is 0 Å². The van der Waals surface area contributed by atoms with Crippen LogP contribution in [0.15, 0.2) is 95.4 Å². The van der Waals surface area contributed by atoms with Crippen molar-refractivity contribution in [3.63, 3.8) is 0 Å². The molecule has 0 aliphatic carbocycles. The predicted molar refractivity (Wildman–Crippen MR) is 338 cm³/mol. The maximum absolute atomic E-state index is 9.67. The van der Waals surface area contributed by atoms with Gasteiger partial charge in [0, 0.05) is 65.1 Å². The van der Waals surface area contributed by atoms with Gasteiger partial charge in [0.25, 0.3) is 0 Å². The Bertz CT molecular complexity index is 2470. The molecule has 4 aromatic carbocycles. The fraction of sp³-hybridized carbons (Fsp3) is 0.500. The summed E-state index contributed by atoms with van der Waals surface area (Å²) in [6.07, 6.45) is 11.6. The highest BCUT2D eigenvalue weighted by Crippen LogP contribution is 2.36. The Morgan fingerprint density at radius 1 is 0.568 bits per heavy atom. The Morgan fingerprint density at radius 2 is 0.852 bits per heavy atom. The van der Waals surface area contributed by atoms with Crippen molar-refractivity contribution in [1.29, 1.82) is 0 Å². The van der Waals surface area contributed by atoms with E-state index in [1.165, 1.54) is 44.8 Å². The Morgan fingerprint density at radius 3 is 1.09 bits per heavy atom. The maximum atomic E-state index is 9.67. The largest absolute Gasteiger partial charge is 1.00 e. The minimum Gasteiger partial charge on any atom is -1.00 e. The first-order valence-electron chi connectivity index (χ1n) is 26.8. The molecule has 0 fully saturated rings. The van der Waals surface area contributed by atoms with E-state index in [9.17, 15) is 12.9 Å². The third-order valence-corrected chi connectivity index (χ3v) is 13.9. The number of aryl methyl sites for hydroxylation is 6. The Labute approximate surface area is 519 Å². The van der Waals surface area contributed by atoms with E-state index in [1.54, 1.807) is 36.4 Å². The lowest BCUT2D eigenvalue weighted by molar-refractivity contribution is -0.587. The smallest absolute Gasteiger partial charge is 0.762 e. The second-order valence-electron chi connectivity index (χ2n) is 23.2. The summed E-state index contributed by atoms with van der Waals surface area (Å²) < 4.78 is 31.4. The molecule has 0 aromatic heterocycles. The Hall–Kier alpha value is -4.11. The average Bonchev–Trinajstić information content (AvgIpc) is 3.98. The van der Waals surface area contributed by atoms with Gasteiger partial charge in [-0.1, -0.05) is 93.9 Å². The summed E-state index contributed by atoms with van der Waals surface area (Å²) in [7, 11) is -3.67. The summed E-state index contributed by atoms with van der Waals surface area (Å²) in [5, 5.41) is 2.06. The molecule has 81 heavy (non-hydrogen) atoms. The van der Waals surface area contributed by atoms with Crippen LogP contribution in [0.4, 0.5) is 35.7 Å². The van der Waals surface area contributed by atoms with Gasteiger partial charge in [-0.05, 0) is 199 Å². The van der Waals surface area contributed by atoms with Gasteiger partial charge < -0.3 is 49.1 Å². The number of aliphatic imine (C=N–C) groups is 2. The van der Waals surface area contributed by atoms with Gasteiger partial charge in [-0.2, -0.15) is 0 Å². The molecule has 2 aliphatic rings. The average molecular weight is 1250 g/mol. The third kappa shape index (κ3) is 26.1. The zero-order valence-corrected chi connectivity index (χ0v) is 56.6. The first-order valence-corrected chi connectivity index (χ1v) is 28.3. The lowest BCUT2D eigenvalue weighted by Crippen LogP contribution is -3.00. The van der Waals surface area contributed by atoms with E-state index in [-0.39, 0.29) is 40.6 Å². The fourth-order valence-electron chi connectivity index (χ4n) is 9.15. The predicted octanol–water partition coefficient (Wildman–Crippen LogP) is 10.4. The monoisotopic (exact) mass is 1240 g/mol. The van der Waals surface area contributed by atoms with Crippen LogP contribution in [0.3, 0.4) is 0 Å². The summed E-state index contributed by atoms with van der Waals surface area (Å²) in [6.45, 7) is 50.2. The topological polar surface area (TPSA) is 43.9 Å². The third-order valence-electron chi connectivity index (χ3n) is 12.7. The maximum Gasteiger partial charge on any atom is 0.762 e. The lowest BCUT2D eigenvalue weighted by Gasteiger charge is -2.38. The van der Waals surface area contributed by atoms with Gasteiger partial charge in [0.15, 0.2) is 0 Å². The van der Waals surface area contributed by atoms with Crippen molar-refractivity contribution < 1.29 is 47.0 Å². The van der Waals surface area contributed by atoms with E-state index >= 15 is 0 Å². The molecule has 0 spiro atoms. The summed E-state index contributed by atoms with van der Waals surface area (Å²) >= 11 is 24.5. The molecule has 0 bridgehead atoms. The number of hydrogen-bond donors (Lipinski definition) is 0. The minimum absolute atomic E-state index is 0. The summed E-state index contributed by atoms with van der Waals surface area (Å²) in [4.78, 5) is 20.8. The van der Waals surface area contributed by atoms with Crippen LogP contribution in [0.1, 0.15) is 151 Å². The van der Waals surface area contributed by atoms with Crippen LogP contribution >= 0.6 is 46.4 Å². The first-order chi connectivity index (χ1) is 36.0. The zero-order chi connectivity index (χ0) is 59.7. The second kappa shape index (κ2) is 35.9. The lowest BCUT2D eigenvalue weighted by atomic mass is 10.0. The van der Waals surface area contributed by atoms with Crippen molar-refractivity contribution in [3.05, 3.63) is 139 Å². The Kier molecular flexibility index (Phi) is 35.0. The second-order valence-corrected chi connectivity index (χ2v) is 24.9. The SMILES string of the molecule is CC(C)(C)N1C=CN(C(C)(C)C)C1.CC(C)N(C=[N+](C(C)C)C(C)C)C(C)C.CC(CC(C)=Nc1c(Cl)cccc1Cl)=Nc1c(Cl)cccc1Cl.Cc1cc(C)c(N2C=CN(c3c(C)cc(C)cc3C)C2)c(C)c1.FB(F)F.[Cl-].[Cl-].[F-]. The highest BCUT2D eigenvalue weighted by Gasteiger charge is 2.29. The highest BCUT2D eigenvalue weighted by atomic mass is 35.5. The molecule has 6 rings (SSSR count). The molecule has 4 aromatic rings. The van der Waals surface area contributed by atoms with Gasteiger partial charge in [0.2, 0.25) is 6.34 Å². The normalized spacial score (nSPS) is 13.0. The van der Waals surface area contributed by atoms with Crippen LogP contribution in [0.2, 0.25) is 20.1 Å². The van der Waals surface area contributed by atoms with Crippen LogP contribution in [0.5, 0.6) is 0 Å². The fourth-order valence-corrected chi connectivity index (χ4v) is 10.1. The van der Waals surface area contributed by atoms with Crippen molar-refractivity contribution >= 4 is 94.5 Å². The molecule has 0 radical (unpaired) electrons. The van der Waals surface area contributed by atoms with Gasteiger partial charge in [-0.15, -0.1) is 0 Å². The number of halogens is 10. The van der Waals surface area contributed by atoms with E-state index < -0.39 is 7.54 Å². The molecular formula is C62H91BCl6F4N8-2. The van der Waals surface area contributed by atoms with Crippen molar-refractivity contribution in [2.75, 3.05) is 23.1 Å². The first kappa shape index (κ1) is 79.0. The van der Waals surface area contributed by atoms with Crippen LogP contribution in [0, 0.1) is 41.5 Å². The van der Waals surface area contributed by atoms with Gasteiger partial charge in [-0.3, -0.25) is 32.4 Å². The van der Waals surface area contributed by atoms with E-state index in [2.05, 4.69) is 233 Å². The number of para-hydroxylation sites is 2. The van der Waals surface area contributed by atoms with Crippen molar-refractivity contribution in [2.24, 2.45) is 9.98 Å². The van der Waals surface area contributed by atoms with Gasteiger partial charge in [-0.25, -0.2) is 0 Å². The number of benzene rings is 4. The standard InChI is InChI=1S/C21H26N2.C17H14Cl4N2.C13H29N2.C11H22N2.BF3.2ClH.FH/c1-14-9-16(3)20(17(4)10-14)22-7-8-23(13-22)21-18(5)11-15(2)12-19(21)6;1-10(22-16-12(18)5-3-6-13(16)19)9-11(2)23-17-14(20)7-4-8-15(17)21;1-10(2)14(11(3)4)9-15(12(5)6)13(7)8;1-10(2,3)12-7-8-13(9-12)11(4,5)6;2-1(3)4;;;/h7-12H,13H2,1-6H3;3-8H,9H2,1-2H3;9-13H,1-8H3;7-8H,9H2,1-6H3;;3*1H/q;;+1;;;;;/p-3. The van der Waals surface area contributed by atoms with Crippen molar-refractivity contribution in [1.82, 2.24) is 14.7 Å². The van der Waals surface area contributed by atoms with E-state index in [0.29, 0.717) is 62.1 Å². The van der Waals surface area contributed by atoms with E-state index in [1.807, 2.05) is 13.8 Å². The minimum atomic E-state index is -3.67. The van der Waals surface area contributed by atoms with Crippen molar-refractivity contribution in [2.45, 2.75) is 194 Å². The molecule has 0 N–H and O–H groups in total. The number of rotatable bonds is 11. The summed E-state index contributed by atoms with van der Waals surface area (Å²) in [5.41, 5.74) is 13.9. The number of anilines is 2. The van der Waals surface area contributed by atoms with Crippen LogP contribution in [0.25, 0.3) is 0 Å². The molecular weight excluding hydrogens is 1160 g/mol. The summed E-state index contributed by atoms with van der Waals surface area (Å²) in [5.74, 6) is 0. The van der Waals surface area contributed by atoms with Crippen LogP contribution < -0.4 is 39.3 Å². The van der Waals surface area contributed by atoms with Crippen LogP contribution in [-0.4, -0.2) is 93.2 Å². The van der Waals surface area contributed by atoms with Gasteiger partial charge in [0.1, 0.15) is 11.4 Å². The molecule has 2 aliphatic heterocycles. The molecule has 454 valence electrons. The van der Waals surface area contributed by atoms with Crippen LogP contribution in [-0.2, 0) is 0 Å². The molecule has 8 nitrogen and oxygen atoms in total. The molecule has 2 heterocycles. The molecule has 19 heteroatoms. The zero-order valence-electron chi connectivity index (χ0n) is 52.0. The van der Waals surface area contributed by atoms with E-state index in [4.69, 9.17) is 46.4 Å². The number of nitrogens with zero attached hydrogens (tertiary/aromatic N) is 8. The molecule has 0 amide bonds. The van der Waals surface area contributed by atoms with Gasteiger partial charge in [0.05, 0.1) is 57.6 Å². The molecule has 0 saturated heterocycles.